The Morgan fingerprint density at radius 3 is 2.41 bits per heavy atom. The minimum Gasteiger partial charge on any atom is -0.483 e. The van der Waals surface area contributed by atoms with Crippen LogP contribution in [0.4, 0.5) is 5.69 Å². The fourth-order valence-corrected chi connectivity index (χ4v) is 5.16. The van der Waals surface area contributed by atoms with Gasteiger partial charge in [-0.1, -0.05) is 23.7 Å². The average molecular weight is 500 g/mol. The minimum absolute atomic E-state index is 0.241. The van der Waals surface area contributed by atoms with Gasteiger partial charge in [0.25, 0.3) is 6.47 Å². The fourth-order valence-electron chi connectivity index (χ4n) is 3.09. The second-order valence-corrected chi connectivity index (χ2v) is 10.6. The van der Waals surface area contributed by atoms with Crippen LogP contribution in [-0.2, 0) is 19.6 Å². The van der Waals surface area contributed by atoms with E-state index < -0.39 is 16.1 Å². The number of thiophene rings is 1. The largest absolute Gasteiger partial charge is 0.483 e. The van der Waals surface area contributed by atoms with Crippen LogP contribution in [0.15, 0.2) is 41.8 Å². The van der Waals surface area contributed by atoms with Crippen molar-refractivity contribution in [2.24, 2.45) is 0 Å². The molecule has 2 N–H and O–H groups in total. The number of carboxylic acid groups (broad SMARTS) is 1. The van der Waals surface area contributed by atoms with Crippen molar-refractivity contribution in [1.29, 1.82) is 0 Å². The summed E-state index contributed by atoms with van der Waals surface area (Å²) in [5.41, 5.74) is 1.93. The SMILES string of the molecule is CC(c1ccc(N2CCC(NS(=O)(=O)/C=C/c3ccc(Cl)s3)C2=O)cc1)N(C)C.O=CO. The molecule has 0 bridgehead atoms. The van der Waals surface area contributed by atoms with Crippen molar-refractivity contribution in [3.63, 3.8) is 0 Å². The summed E-state index contributed by atoms with van der Waals surface area (Å²) in [6.45, 7) is 2.33. The topological polar surface area (TPSA) is 107 Å². The number of anilines is 1. The Labute approximate surface area is 197 Å². The van der Waals surface area contributed by atoms with Crippen molar-refractivity contribution in [3.05, 3.63) is 56.6 Å². The fraction of sp³-hybridized carbons (Fsp3) is 0.333. The molecular formula is C21H26ClN3O5S2. The third-order valence-electron chi connectivity index (χ3n) is 4.98. The molecular weight excluding hydrogens is 474 g/mol. The van der Waals surface area contributed by atoms with E-state index in [0.29, 0.717) is 17.3 Å². The van der Waals surface area contributed by atoms with Crippen molar-refractivity contribution >= 4 is 57.1 Å². The molecule has 1 aromatic carbocycles. The van der Waals surface area contributed by atoms with Gasteiger partial charge in [0.05, 0.1) is 4.34 Å². The molecule has 8 nitrogen and oxygen atoms in total. The monoisotopic (exact) mass is 499 g/mol. The predicted octanol–water partition coefficient (Wildman–Crippen LogP) is 3.42. The molecule has 11 heteroatoms. The van der Waals surface area contributed by atoms with Gasteiger partial charge in [-0.15, -0.1) is 11.3 Å². The highest BCUT2D eigenvalue weighted by Crippen LogP contribution is 2.26. The molecule has 2 heterocycles. The molecule has 1 aliphatic heterocycles. The van der Waals surface area contributed by atoms with Crippen molar-refractivity contribution in [2.75, 3.05) is 25.5 Å². The van der Waals surface area contributed by atoms with Crippen molar-refractivity contribution in [3.8, 4) is 0 Å². The van der Waals surface area contributed by atoms with E-state index >= 15 is 0 Å². The Balaban J connectivity index is 0.00000114. The summed E-state index contributed by atoms with van der Waals surface area (Å²) in [5, 5.41) is 7.96. The maximum absolute atomic E-state index is 12.7. The number of nitrogens with zero attached hydrogens (tertiary/aromatic N) is 2. The first-order valence-electron chi connectivity index (χ1n) is 9.69. The number of amides is 1. The lowest BCUT2D eigenvalue weighted by molar-refractivity contribution is -0.123. The summed E-state index contributed by atoms with van der Waals surface area (Å²) in [6.07, 6.45) is 1.90. The number of sulfonamides is 1. The van der Waals surface area contributed by atoms with Gasteiger partial charge >= 0.3 is 0 Å². The molecule has 174 valence electrons. The van der Waals surface area contributed by atoms with Gasteiger partial charge in [0.1, 0.15) is 6.04 Å². The minimum atomic E-state index is -3.74. The van der Waals surface area contributed by atoms with Gasteiger partial charge in [0.2, 0.25) is 15.9 Å². The Morgan fingerprint density at radius 1 is 1.25 bits per heavy atom. The highest BCUT2D eigenvalue weighted by atomic mass is 35.5. The van der Waals surface area contributed by atoms with Crippen molar-refractivity contribution in [2.45, 2.75) is 25.4 Å². The normalized spacial score (nSPS) is 17.5. The van der Waals surface area contributed by atoms with E-state index in [2.05, 4.69) is 16.5 Å². The van der Waals surface area contributed by atoms with E-state index in [1.807, 2.05) is 38.4 Å². The summed E-state index contributed by atoms with van der Waals surface area (Å²) in [4.78, 5) is 25.6. The zero-order chi connectivity index (χ0) is 23.9. The number of rotatable bonds is 7. The highest BCUT2D eigenvalue weighted by Gasteiger charge is 2.34. The van der Waals surface area contributed by atoms with E-state index in [9.17, 15) is 13.2 Å². The molecule has 0 radical (unpaired) electrons. The van der Waals surface area contributed by atoms with Crippen LogP contribution < -0.4 is 9.62 Å². The molecule has 0 spiro atoms. The van der Waals surface area contributed by atoms with Crippen LogP contribution in [0.5, 0.6) is 0 Å². The van der Waals surface area contributed by atoms with Gasteiger partial charge < -0.3 is 14.9 Å². The van der Waals surface area contributed by atoms with Crippen LogP contribution in [0.1, 0.15) is 29.8 Å². The third-order valence-corrected chi connectivity index (χ3v) is 7.28. The Hall–Kier alpha value is -2.24. The van der Waals surface area contributed by atoms with Crippen LogP contribution in [0.3, 0.4) is 0 Å². The molecule has 2 unspecified atom stereocenters. The first-order chi connectivity index (χ1) is 15.1. The first-order valence-corrected chi connectivity index (χ1v) is 12.4. The van der Waals surface area contributed by atoms with Gasteiger partial charge in [-0.05, 0) is 63.3 Å². The molecule has 2 aromatic rings. The van der Waals surface area contributed by atoms with E-state index in [4.69, 9.17) is 21.5 Å². The molecule has 3 rings (SSSR count). The van der Waals surface area contributed by atoms with E-state index in [1.165, 1.54) is 17.4 Å². The lowest BCUT2D eigenvalue weighted by atomic mass is 10.1. The van der Waals surface area contributed by atoms with Gasteiger partial charge in [0, 0.05) is 28.6 Å². The summed E-state index contributed by atoms with van der Waals surface area (Å²) in [7, 11) is 0.289. The number of halogens is 1. The van der Waals surface area contributed by atoms with Crippen LogP contribution in [0, 0.1) is 0 Å². The molecule has 0 saturated carbocycles. The quantitative estimate of drug-likeness (QED) is 0.565. The van der Waals surface area contributed by atoms with Crippen molar-refractivity contribution < 1.29 is 23.1 Å². The molecule has 2 atom stereocenters. The summed E-state index contributed by atoms with van der Waals surface area (Å²) >= 11 is 7.13. The number of hydrogen-bond donors (Lipinski definition) is 2. The van der Waals surface area contributed by atoms with Gasteiger partial charge in [-0.2, -0.15) is 4.72 Å². The Kier molecular flexibility index (Phi) is 9.41. The van der Waals surface area contributed by atoms with Crippen LogP contribution in [-0.4, -0.2) is 57.5 Å². The molecule has 1 saturated heterocycles. The molecule has 0 aliphatic carbocycles. The maximum Gasteiger partial charge on any atom is 0.290 e. The molecule has 1 amide bonds. The van der Waals surface area contributed by atoms with Gasteiger partial charge in [0.15, 0.2) is 0 Å². The third kappa shape index (κ3) is 7.14. The summed E-state index contributed by atoms with van der Waals surface area (Å²) < 4.78 is 27.7. The molecule has 1 aliphatic rings. The van der Waals surface area contributed by atoms with E-state index in [1.54, 1.807) is 17.0 Å². The summed E-state index contributed by atoms with van der Waals surface area (Å²) in [6, 6.07) is 10.8. The Bertz CT molecular complexity index is 1050. The molecule has 1 fully saturated rings. The first kappa shape index (κ1) is 26.0. The van der Waals surface area contributed by atoms with Crippen molar-refractivity contribution in [1.82, 2.24) is 9.62 Å². The van der Waals surface area contributed by atoms with E-state index in [0.717, 1.165) is 21.5 Å². The predicted molar refractivity (Wildman–Crippen MR) is 128 cm³/mol. The highest BCUT2D eigenvalue weighted by molar-refractivity contribution is 7.92. The number of carbonyl (C=O) groups is 2. The zero-order valence-electron chi connectivity index (χ0n) is 17.9. The van der Waals surface area contributed by atoms with Gasteiger partial charge in [-0.3, -0.25) is 9.59 Å². The lowest BCUT2D eigenvalue weighted by Crippen LogP contribution is -2.40. The number of benzene rings is 1. The van der Waals surface area contributed by atoms with E-state index in [-0.39, 0.29) is 18.4 Å². The zero-order valence-corrected chi connectivity index (χ0v) is 20.3. The lowest BCUT2D eigenvalue weighted by Gasteiger charge is -2.22. The van der Waals surface area contributed by atoms with Crippen LogP contribution in [0.2, 0.25) is 4.34 Å². The van der Waals surface area contributed by atoms with Crippen LogP contribution >= 0.6 is 22.9 Å². The summed E-state index contributed by atoms with van der Waals surface area (Å²) in [5.74, 6) is -0.241. The van der Waals surface area contributed by atoms with Crippen LogP contribution in [0.25, 0.3) is 6.08 Å². The molecule has 32 heavy (non-hydrogen) atoms. The average Bonchev–Trinajstić information content (AvgIpc) is 3.32. The molecule has 1 aromatic heterocycles. The standard InChI is InChI=1S/C20H24ClN3O3S2.CH2O2/c1-14(23(2)3)15-4-6-16(7-5-15)24-12-10-18(20(24)25)22-29(26,27)13-11-17-8-9-19(21)28-17;2-1-3/h4-9,11,13-14,18,22H,10,12H2,1-3H3;1H,(H,2,3)/b13-11+;. The smallest absolute Gasteiger partial charge is 0.290 e. The second-order valence-electron chi connectivity index (χ2n) is 7.28. The second kappa shape index (κ2) is 11.6. The van der Waals surface area contributed by atoms with Gasteiger partial charge in [-0.25, -0.2) is 8.42 Å². The number of hydrogen-bond acceptors (Lipinski definition) is 6. The maximum atomic E-state index is 12.7. The number of carbonyl (C=O) groups excluding carboxylic acids is 1. The number of nitrogens with one attached hydrogen (secondary N) is 1. The Morgan fingerprint density at radius 2 is 1.88 bits per heavy atom.